The second-order valence-electron chi connectivity index (χ2n) is 9.80. The van der Waals surface area contributed by atoms with Crippen LogP contribution >= 0.6 is 11.6 Å². The molecule has 0 spiro atoms. The number of rotatable bonds is 10. The number of halogens is 1. The van der Waals surface area contributed by atoms with Crippen molar-refractivity contribution in [2.75, 3.05) is 10.8 Å². The quantitative estimate of drug-likeness (QED) is 0.355. The van der Waals surface area contributed by atoms with Crippen LogP contribution in [-0.4, -0.2) is 43.8 Å². The Morgan fingerprint density at radius 2 is 1.49 bits per heavy atom. The fraction of sp³-hybridized carbons (Fsp3) is 0.333. The Labute approximate surface area is 235 Å². The Kier molecular flexibility index (Phi) is 9.64. The largest absolute Gasteiger partial charge is 0.352 e. The molecule has 1 aliphatic rings. The topological polar surface area (TPSA) is 86.8 Å². The molecule has 0 aliphatic heterocycles. The highest BCUT2D eigenvalue weighted by Gasteiger charge is 2.33. The monoisotopic (exact) mass is 567 g/mol. The van der Waals surface area contributed by atoms with Gasteiger partial charge < -0.3 is 10.2 Å². The maximum atomic E-state index is 14.0. The van der Waals surface area contributed by atoms with Crippen molar-refractivity contribution in [3.63, 3.8) is 0 Å². The number of amides is 2. The third-order valence-electron chi connectivity index (χ3n) is 7.05. The molecule has 7 nitrogen and oxygen atoms in total. The first-order valence-corrected chi connectivity index (χ1v) is 15.1. The van der Waals surface area contributed by atoms with Crippen LogP contribution in [0.4, 0.5) is 5.69 Å². The highest BCUT2D eigenvalue weighted by molar-refractivity contribution is 7.92. The molecule has 3 aromatic rings. The van der Waals surface area contributed by atoms with E-state index in [1.54, 1.807) is 49.4 Å². The summed E-state index contributed by atoms with van der Waals surface area (Å²) in [5.74, 6) is -0.758. The summed E-state index contributed by atoms with van der Waals surface area (Å²) in [6.07, 6.45) is 5.13. The van der Waals surface area contributed by atoms with Crippen molar-refractivity contribution >= 4 is 39.1 Å². The minimum atomic E-state index is -4.15. The van der Waals surface area contributed by atoms with Crippen molar-refractivity contribution in [1.29, 1.82) is 0 Å². The predicted molar refractivity (Wildman–Crippen MR) is 154 cm³/mol. The molecule has 2 amide bonds. The van der Waals surface area contributed by atoms with Gasteiger partial charge in [-0.05, 0) is 49.6 Å². The molecule has 0 bridgehead atoms. The number of carbonyl (C=O) groups excluding carboxylic acids is 2. The molecule has 1 saturated carbocycles. The van der Waals surface area contributed by atoms with E-state index in [-0.39, 0.29) is 34.1 Å². The van der Waals surface area contributed by atoms with E-state index in [4.69, 9.17) is 11.6 Å². The van der Waals surface area contributed by atoms with Crippen molar-refractivity contribution in [3.8, 4) is 0 Å². The lowest BCUT2D eigenvalue weighted by Gasteiger charge is -2.33. The predicted octanol–water partition coefficient (Wildman–Crippen LogP) is 5.40. The van der Waals surface area contributed by atoms with Crippen LogP contribution in [0.15, 0.2) is 89.8 Å². The van der Waals surface area contributed by atoms with Gasteiger partial charge in [-0.3, -0.25) is 13.9 Å². The fourth-order valence-corrected chi connectivity index (χ4v) is 6.56. The molecule has 4 rings (SSSR count). The highest BCUT2D eigenvalue weighted by atomic mass is 35.5. The van der Waals surface area contributed by atoms with Gasteiger partial charge in [-0.1, -0.05) is 91.5 Å². The van der Waals surface area contributed by atoms with Gasteiger partial charge >= 0.3 is 0 Å². The van der Waals surface area contributed by atoms with E-state index in [1.807, 2.05) is 30.3 Å². The molecule has 39 heavy (non-hydrogen) atoms. The number of nitrogens with zero attached hydrogens (tertiary/aromatic N) is 2. The van der Waals surface area contributed by atoms with Crippen molar-refractivity contribution in [3.05, 3.63) is 95.5 Å². The molecule has 0 heterocycles. The van der Waals surface area contributed by atoms with Crippen LogP contribution in [0.5, 0.6) is 0 Å². The van der Waals surface area contributed by atoms with E-state index in [0.29, 0.717) is 0 Å². The summed E-state index contributed by atoms with van der Waals surface area (Å²) >= 11 is 6.43. The normalized spacial score (nSPS) is 14.8. The smallest absolute Gasteiger partial charge is 0.264 e. The third-order valence-corrected chi connectivity index (χ3v) is 9.14. The van der Waals surface area contributed by atoms with E-state index in [2.05, 4.69) is 5.32 Å². The molecule has 9 heteroatoms. The Balaban J connectivity index is 1.66. The Morgan fingerprint density at radius 3 is 2.13 bits per heavy atom. The van der Waals surface area contributed by atoms with Crippen LogP contribution in [0, 0.1) is 0 Å². The number of carbonyl (C=O) groups is 2. The van der Waals surface area contributed by atoms with Crippen molar-refractivity contribution < 1.29 is 18.0 Å². The zero-order chi connectivity index (χ0) is 27.8. The van der Waals surface area contributed by atoms with E-state index in [0.717, 1.165) is 42.0 Å². The van der Waals surface area contributed by atoms with E-state index < -0.39 is 28.5 Å². The number of hydrogen-bond acceptors (Lipinski definition) is 4. The van der Waals surface area contributed by atoms with Gasteiger partial charge in [0.25, 0.3) is 10.0 Å². The van der Waals surface area contributed by atoms with Gasteiger partial charge in [-0.2, -0.15) is 0 Å². The molecule has 1 atom stereocenters. The van der Waals surface area contributed by atoms with Crippen LogP contribution in [-0.2, 0) is 26.2 Å². The van der Waals surface area contributed by atoms with Crippen molar-refractivity contribution in [1.82, 2.24) is 10.2 Å². The second-order valence-corrected chi connectivity index (χ2v) is 12.1. The zero-order valence-corrected chi connectivity index (χ0v) is 23.6. The maximum absolute atomic E-state index is 14.0. The first kappa shape index (κ1) is 28.6. The fourth-order valence-electron chi connectivity index (χ4n) is 4.82. The summed E-state index contributed by atoms with van der Waals surface area (Å²) in [6.45, 7) is 1.32. The van der Waals surface area contributed by atoms with Crippen LogP contribution in [0.2, 0.25) is 5.02 Å². The first-order chi connectivity index (χ1) is 18.8. The third kappa shape index (κ3) is 7.19. The van der Waals surface area contributed by atoms with Gasteiger partial charge in [0.05, 0.1) is 15.6 Å². The Morgan fingerprint density at radius 1 is 0.897 bits per heavy atom. The van der Waals surface area contributed by atoms with Crippen LogP contribution in [0.25, 0.3) is 0 Å². The lowest BCUT2D eigenvalue weighted by atomic mass is 9.95. The average Bonchev–Trinajstić information content (AvgIpc) is 2.96. The van der Waals surface area contributed by atoms with Gasteiger partial charge in [0.15, 0.2) is 0 Å². The van der Waals surface area contributed by atoms with Gasteiger partial charge in [0.1, 0.15) is 12.6 Å². The lowest BCUT2D eigenvalue weighted by molar-refractivity contribution is -0.139. The molecule has 1 N–H and O–H groups in total. The number of benzene rings is 3. The number of nitrogens with one attached hydrogen (secondary N) is 1. The Bertz CT molecular complexity index is 1360. The van der Waals surface area contributed by atoms with Gasteiger partial charge in [-0.25, -0.2) is 8.42 Å². The molecule has 0 saturated heterocycles. The summed E-state index contributed by atoms with van der Waals surface area (Å²) in [4.78, 5) is 28.8. The maximum Gasteiger partial charge on any atom is 0.264 e. The lowest BCUT2D eigenvalue weighted by Crippen LogP contribution is -2.53. The zero-order valence-electron chi connectivity index (χ0n) is 22.0. The molecule has 1 fully saturated rings. The SMILES string of the molecule is CC(C(=O)NC1CCCCC1)N(Cc1ccccc1)C(=O)CN(c1ccccc1Cl)S(=O)(=O)c1ccccc1. The molecule has 0 radical (unpaired) electrons. The number of anilines is 1. The second kappa shape index (κ2) is 13.1. The van der Waals surface area contributed by atoms with Crippen LogP contribution in [0.1, 0.15) is 44.6 Å². The highest BCUT2D eigenvalue weighted by Crippen LogP contribution is 2.30. The Hall–Kier alpha value is -3.36. The van der Waals surface area contributed by atoms with Crippen molar-refractivity contribution in [2.24, 2.45) is 0 Å². The molecule has 206 valence electrons. The molecular formula is C30H34ClN3O4S. The van der Waals surface area contributed by atoms with Gasteiger partial charge in [-0.15, -0.1) is 0 Å². The molecule has 1 aliphatic carbocycles. The summed E-state index contributed by atoms with van der Waals surface area (Å²) < 4.78 is 28.6. The average molecular weight is 568 g/mol. The van der Waals surface area contributed by atoms with E-state index in [1.165, 1.54) is 17.0 Å². The van der Waals surface area contributed by atoms with E-state index >= 15 is 0 Å². The summed E-state index contributed by atoms with van der Waals surface area (Å²) in [6, 6.07) is 23.1. The van der Waals surface area contributed by atoms with Crippen LogP contribution < -0.4 is 9.62 Å². The minimum Gasteiger partial charge on any atom is -0.352 e. The number of para-hydroxylation sites is 1. The summed E-state index contributed by atoms with van der Waals surface area (Å²) in [5, 5.41) is 3.30. The molecule has 1 unspecified atom stereocenters. The van der Waals surface area contributed by atoms with E-state index in [9.17, 15) is 18.0 Å². The van der Waals surface area contributed by atoms with Gasteiger partial charge in [0.2, 0.25) is 11.8 Å². The molecular weight excluding hydrogens is 534 g/mol. The standard InChI is InChI=1S/C30H34ClN3O4S/c1-23(30(36)32-25-15-7-3-8-16-25)33(21-24-13-5-2-6-14-24)29(35)22-34(28-20-12-11-19-27(28)31)39(37,38)26-17-9-4-10-18-26/h2,4-6,9-14,17-20,23,25H,3,7-8,15-16,21-22H2,1H3,(H,32,36). The molecule has 0 aromatic heterocycles. The minimum absolute atomic E-state index is 0.0374. The first-order valence-electron chi connectivity index (χ1n) is 13.2. The summed E-state index contributed by atoms with van der Waals surface area (Å²) in [5.41, 5.74) is 1.02. The molecule has 3 aromatic carbocycles. The van der Waals surface area contributed by atoms with Gasteiger partial charge in [0, 0.05) is 12.6 Å². The number of hydrogen-bond donors (Lipinski definition) is 1. The van der Waals surface area contributed by atoms with Crippen molar-refractivity contribution in [2.45, 2.75) is 62.6 Å². The number of sulfonamides is 1. The summed E-state index contributed by atoms with van der Waals surface area (Å²) in [7, 11) is -4.15. The van der Waals surface area contributed by atoms with Crippen LogP contribution in [0.3, 0.4) is 0 Å².